The molecule has 2 bridgehead atoms. The summed E-state index contributed by atoms with van der Waals surface area (Å²) in [5.41, 5.74) is 7.46. The molecule has 2 saturated carbocycles. The number of anilines is 1. The van der Waals surface area contributed by atoms with Gasteiger partial charge in [-0.05, 0) is 55.7 Å². The lowest BCUT2D eigenvalue weighted by Gasteiger charge is -2.43. The van der Waals surface area contributed by atoms with Gasteiger partial charge in [0.25, 0.3) is 5.91 Å². The molecule has 0 heterocycles. The van der Waals surface area contributed by atoms with Crippen molar-refractivity contribution in [1.82, 2.24) is 4.90 Å². The van der Waals surface area contributed by atoms with Crippen molar-refractivity contribution in [3.63, 3.8) is 0 Å². The Morgan fingerprint density at radius 1 is 1.19 bits per heavy atom. The van der Waals surface area contributed by atoms with Gasteiger partial charge < -0.3 is 20.7 Å². The number of nitrogens with zero attached hydrogens (tertiary/aromatic N) is 1. The molecule has 3 rings (SSSR count). The van der Waals surface area contributed by atoms with Crippen molar-refractivity contribution in [3.8, 4) is 5.75 Å². The van der Waals surface area contributed by atoms with E-state index in [4.69, 9.17) is 10.5 Å². The normalized spacial score (nSPS) is 27.5. The molecule has 2 amide bonds. The molecule has 142 valence electrons. The highest BCUT2D eigenvalue weighted by molar-refractivity contribution is 5.97. The average Bonchev–Trinajstić information content (AvgIpc) is 2.61. The molecule has 2 unspecified atom stereocenters. The number of carbonyl (C=O) groups excluding carboxylic acids is 2. The van der Waals surface area contributed by atoms with Gasteiger partial charge in [0.15, 0.2) is 0 Å². The summed E-state index contributed by atoms with van der Waals surface area (Å²) in [7, 11) is 4.95. The zero-order chi connectivity index (χ0) is 18.8. The molecule has 1 aromatic carbocycles. The molecule has 0 saturated heterocycles. The number of nitrogens with one attached hydrogen (secondary N) is 1. The number of ether oxygens (including phenoxy) is 1. The second kappa shape index (κ2) is 7.66. The molecule has 2 aliphatic carbocycles. The van der Waals surface area contributed by atoms with E-state index in [0.29, 0.717) is 28.8 Å². The lowest BCUT2D eigenvalue weighted by Crippen LogP contribution is -2.48. The molecule has 0 aliphatic heterocycles. The van der Waals surface area contributed by atoms with Gasteiger partial charge in [0.2, 0.25) is 5.91 Å². The van der Waals surface area contributed by atoms with Crippen LogP contribution in [-0.2, 0) is 4.79 Å². The summed E-state index contributed by atoms with van der Waals surface area (Å²) in [6, 6.07) is 5.37. The highest BCUT2D eigenvalue weighted by Gasteiger charge is 2.40. The van der Waals surface area contributed by atoms with E-state index in [2.05, 4.69) is 5.32 Å². The zero-order valence-corrected chi connectivity index (χ0v) is 15.8. The molecule has 2 fully saturated rings. The fourth-order valence-electron chi connectivity index (χ4n) is 4.42. The number of fused-ring (bicyclic) bond motifs is 2. The Kier molecular flexibility index (Phi) is 5.51. The molecule has 6 nitrogen and oxygen atoms in total. The monoisotopic (exact) mass is 359 g/mol. The van der Waals surface area contributed by atoms with Crippen LogP contribution in [0.1, 0.15) is 42.5 Å². The summed E-state index contributed by atoms with van der Waals surface area (Å²) in [6.07, 6.45) is 5.22. The van der Waals surface area contributed by atoms with E-state index in [0.717, 1.165) is 25.7 Å². The van der Waals surface area contributed by atoms with Gasteiger partial charge in [-0.1, -0.05) is 6.42 Å². The Balaban J connectivity index is 1.72. The van der Waals surface area contributed by atoms with Crippen LogP contribution < -0.4 is 15.8 Å². The van der Waals surface area contributed by atoms with E-state index in [1.807, 2.05) is 0 Å². The smallest absolute Gasteiger partial charge is 0.253 e. The van der Waals surface area contributed by atoms with Crippen LogP contribution in [0.25, 0.3) is 0 Å². The Morgan fingerprint density at radius 3 is 2.42 bits per heavy atom. The van der Waals surface area contributed by atoms with Crippen molar-refractivity contribution in [2.24, 2.45) is 23.5 Å². The van der Waals surface area contributed by atoms with Gasteiger partial charge in [-0.3, -0.25) is 9.59 Å². The van der Waals surface area contributed by atoms with Crippen LogP contribution in [0.4, 0.5) is 5.69 Å². The van der Waals surface area contributed by atoms with Gasteiger partial charge in [-0.25, -0.2) is 0 Å². The predicted molar refractivity (Wildman–Crippen MR) is 101 cm³/mol. The third-order valence-electron chi connectivity index (χ3n) is 5.90. The quantitative estimate of drug-likeness (QED) is 0.865. The molecular weight excluding hydrogens is 330 g/mol. The van der Waals surface area contributed by atoms with Crippen LogP contribution in [0.3, 0.4) is 0 Å². The van der Waals surface area contributed by atoms with E-state index in [1.165, 1.54) is 11.3 Å². The number of rotatable bonds is 4. The Morgan fingerprint density at radius 2 is 1.85 bits per heavy atom. The number of carbonyl (C=O) groups is 2. The lowest BCUT2D eigenvalue weighted by atomic mass is 9.65. The van der Waals surface area contributed by atoms with Crippen LogP contribution in [0.15, 0.2) is 18.2 Å². The standard InChI is InChI=1S/C20H29N3O3/c1-23(2)20(25)14-7-8-16(17(11-14)26-3)22-19(24)15-9-12-5-4-6-13(10-15)18(12)21/h7-8,11-13,15,18H,4-6,9-10,21H2,1-3H3,(H,22,24). The predicted octanol–water partition coefficient (Wildman–Crippen LogP) is 2.49. The third-order valence-corrected chi connectivity index (χ3v) is 5.90. The number of hydrogen-bond donors (Lipinski definition) is 2. The van der Waals surface area contributed by atoms with Crippen molar-refractivity contribution in [2.75, 3.05) is 26.5 Å². The summed E-state index contributed by atoms with van der Waals surface area (Å²) >= 11 is 0. The van der Waals surface area contributed by atoms with Crippen molar-refractivity contribution >= 4 is 17.5 Å². The number of benzene rings is 1. The zero-order valence-electron chi connectivity index (χ0n) is 15.8. The number of amides is 2. The summed E-state index contributed by atoms with van der Waals surface area (Å²) in [4.78, 5) is 26.4. The van der Waals surface area contributed by atoms with Crippen LogP contribution in [0.2, 0.25) is 0 Å². The lowest BCUT2D eigenvalue weighted by molar-refractivity contribution is -0.122. The summed E-state index contributed by atoms with van der Waals surface area (Å²) in [5.74, 6) is 1.34. The molecule has 0 spiro atoms. The van der Waals surface area contributed by atoms with E-state index in [-0.39, 0.29) is 23.8 Å². The first kappa shape index (κ1) is 18.7. The first-order valence-electron chi connectivity index (χ1n) is 9.36. The van der Waals surface area contributed by atoms with Crippen LogP contribution in [0, 0.1) is 17.8 Å². The van der Waals surface area contributed by atoms with E-state index < -0.39 is 0 Å². The van der Waals surface area contributed by atoms with E-state index in [9.17, 15) is 9.59 Å². The topological polar surface area (TPSA) is 84.7 Å². The van der Waals surface area contributed by atoms with Gasteiger partial charge >= 0.3 is 0 Å². The van der Waals surface area contributed by atoms with Gasteiger partial charge in [0.05, 0.1) is 12.8 Å². The highest BCUT2D eigenvalue weighted by Crippen LogP contribution is 2.42. The molecule has 3 N–H and O–H groups in total. The minimum absolute atomic E-state index is 0.00195. The SMILES string of the molecule is COc1cc(C(=O)N(C)C)ccc1NC(=O)C1CC2CCCC(C1)C2N. The fraction of sp³-hybridized carbons (Fsp3) is 0.600. The summed E-state index contributed by atoms with van der Waals surface area (Å²) in [6.45, 7) is 0. The second-order valence-corrected chi connectivity index (χ2v) is 7.80. The molecule has 2 aliphatic rings. The van der Waals surface area contributed by atoms with Crippen LogP contribution in [0.5, 0.6) is 5.75 Å². The highest BCUT2D eigenvalue weighted by atomic mass is 16.5. The molecule has 2 atom stereocenters. The Hall–Kier alpha value is -2.08. The maximum absolute atomic E-state index is 12.8. The molecular formula is C20H29N3O3. The number of hydrogen-bond acceptors (Lipinski definition) is 4. The van der Waals surface area contributed by atoms with Crippen molar-refractivity contribution in [2.45, 2.75) is 38.1 Å². The molecule has 26 heavy (non-hydrogen) atoms. The van der Waals surface area contributed by atoms with Crippen LogP contribution in [-0.4, -0.2) is 44.0 Å². The minimum atomic E-state index is -0.102. The molecule has 0 aromatic heterocycles. The van der Waals surface area contributed by atoms with Gasteiger partial charge in [-0.15, -0.1) is 0 Å². The first-order chi connectivity index (χ1) is 12.4. The summed E-state index contributed by atoms with van der Waals surface area (Å²) < 4.78 is 5.39. The van der Waals surface area contributed by atoms with Gasteiger partial charge in [-0.2, -0.15) is 0 Å². The van der Waals surface area contributed by atoms with E-state index in [1.54, 1.807) is 39.4 Å². The number of nitrogens with two attached hydrogens (primary N) is 1. The maximum atomic E-state index is 12.8. The number of methoxy groups -OCH3 is 1. The van der Waals surface area contributed by atoms with E-state index >= 15 is 0 Å². The minimum Gasteiger partial charge on any atom is -0.495 e. The van der Waals surface area contributed by atoms with Crippen molar-refractivity contribution in [1.29, 1.82) is 0 Å². The second-order valence-electron chi connectivity index (χ2n) is 7.80. The molecule has 6 heteroatoms. The summed E-state index contributed by atoms with van der Waals surface area (Å²) in [5, 5.41) is 3.00. The average molecular weight is 359 g/mol. The Labute approximate surface area is 155 Å². The van der Waals surface area contributed by atoms with Crippen molar-refractivity contribution < 1.29 is 14.3 Å². The van der Waals surface area contributed by atoms with Crippen molar-refractivity contribution in [3.05, 3.63) is 23.8 Å². The first-order valence-corrected chi connectivity index (χ1v) is 9.36. The van der Waals surface area contributed by atoms with Gasteiger partial charge in [0, 0.05) is 31.6 Å². The molecule has 1 aromatic rings. The molecule has 0 radical (unpaired) electrons. The maximum Gasteiger partial charge on any atom is 0.253 e. The van der Waals surface area contributed by atoms with Crippen LogP contribution >= 0.6 is 0 Å². The third kappa shape index (κ3) is 3.70. The largest absolute Gasteiger partial charge is 0.495 e. The van der Waals surface area contributed by atoms with Gasteiger partial charge in [0.1, 0.15) is 5.75 Å². The Bertz CT molecular complexity index is 675. The fourth-order valence-corrected chi connectivity index (χ4v) is 4.42.